The van der Waals surface area contributed by atoms with E-state index in [9.17, 15) is 13.2 Å². The molecule has 3 N–H and O–H groups in total. The summed E-state index contributed by atoms with van der Waals surface area (Å²) in [5.74, 6) is -0.213. The predicted octanol–water partition coefficient (Wildman–Crippen LogP) is 0.594. The first-order valence-corrected chi connectivity index (χ1v) is 7.98. The average molecular weight is 297 g/mol. The summed E-state index contributed by atoms with van der Waals surface area (Å²) in [6.45, 7) is 1.91. The topological polar surface area (TPSA) is 87.3 Å². The van der Waals surface area contributed by atoms with Gasteiger partial charge in [0.1, 0.15) is 0 Å². The smallest absolute Gasteiger partial charge is 0.241 e. The predicted molar refractivity (Wildman–Crippen MR) is 77.1 cm³/mol. The van der Waals surface area contributed by atoms with Gasteiger partial charge >= 0.3 is 0 Å². The first-order chi connectivity index (χ1) is 9.42. The zero-order valence-corrected chi connectivity index (χ0v) is 12.4. The summed E-state index contributed by atoms with van der Waals surface area (Å²) in [6.07, 6.45) is 1.77. The quantitative estimate of drug-likeness (QED) is 0.717. The van der Waals surface area contributed by atoms with E-state index < -0.39 is 10.0 Å². The maximum Gasteiger partial charge on any atom is 0.241 e. The Balaban J connectivity index is 2.21. The van der Waals surface area contributed by atoms with Crippen molar-refractivity contribution in [2.24, 2.45) is 0 Å². The van der Waals surface area contributed by atoms with Crippen LogP contribution in [0.15, 0.2) is 23.1 Å². The Kier molecular flexibility index (Phi) is 4.42. The Bertz CT molecular complexity index is 609. The van der Waals surface area contributed by atoms with Gasteiger partial charge in [-0.25, -0.2) is 13.1 Å². The molecule has 0 saturated heterocycles. The summed E-state index contributed by atoms with van der Waals surface area (Å²) in [6, 6.07) is 4.94. The van der Waals surface area contributed by atoms with E-state index in [-0.39, 0.29) is 23.4 Å². The SMILES string of the molecule is CNCC(=O)Nc1ccc(C)c(S(=O)(=O)NC2CC2)c1. The van der Waals surface area contributed by atoms with Crippen molar-refractivity contribution in [1.29, 1.82) is 0 Å². The van der Waals surface area contributed by atoms with Crippen LogP contribution in [0.5, 0.6) is 0 Å². The molecule has 20 heavy (non-hydrogen) atoms. The van der Waals surface area contributed by atoms with Gasteiger partial charge in [0.25, 0.3) is 0 Å². The van der Waals surface area contributed by atoms with Gasteiger partial charge in [-0.2, -0.15) is 0 Å². The number of sulfonamides is 1. The Labute approximate surface area is 119 Å². The number of hydrogen-bond donors (Lipinski definition) is 3. The van der Waals surface area contributed by atoms with E-state index in [4.69, 9.17) is 0 Å². The van der Waals surface area contributed by atoms with Gasteiger partial charge in [0, 0.05) is 11.7 Å². The zero-order valence-electron chi connectivity index (χ0n) is 11.6. The molecule has 0 aliphatic heterocycles. The minimum Gasteiger partial charge on any atom is -0.325 e. The third-order valence-corrected chi connectivity index (χ3v) is 4.66. The number of carbonyl (C=O) groups excluding carboxylic acids is 1. The van der Waals surface area contributed by atoms with E-state index in [1.807, 2.05) is 0 Å². The monoisotopic (exact) mass is 297 g/mol. The summed E-state index contributed by atoms with van der Waals surface area (Å²) in [5, 5.41) is 5.39. The molecule has 0 aromatic heterocycles. The maximum absolute atomic E-state index is 12.2. The molecule has 1 fully saturated rings. The highest BCUT2D eigenvalue weighted by atomic mass is 32.2. The first-order valence-electron chi connectivity index (χ1n) is 6.50. The molecule has 0 radical (unpaired) electrons. The van der Waals surface area contributed by atoms with Crippen LogP contribution < -0.4 is 15.4 Å². The molecular weight excluding hydrogens is 278 g/mol. The van der Waals surface area contributed by atoms with Crippen molar-refractivity contribution in [3.63, 3.8) is 0 Å². The fourth-order valence-corrected chi connectivity index (χ4v) is 3.39. The molecule has 1 saturated carbocycles. The number of likely N-dealkylation sites (N-methyl/N-ethyl adjacent to an activating group) is 1. The highest BCUT2D eigenvalue weighted by Gasteiger charge is 2.28. The van der Waals surface area contributed by atoms with Crippen molar-refractivity contribution in [3.8, 4) is 0 Å². The van der Waals surface area contributed by atoms with Gasteiger partial charge in [0.05, 0.1) is 11.4 Å². The van der Waals surface area contributed by atoms with Crippen molar-refractivity contribution in [3.05, 3.63) is 23.8 Å². The molecule has 1 aliphatic carbocycles. The third-order valence-electron chi connectivity index (χ3n) is 3.00. The number of carbonyl (C=O) groups is 1. The molecule has 110 valence electrons. The second-order valence-corrected chi connectivity index (χ2v) is 6.64. The largest absolute Gasteiger partial charge is 0.325 e. The second kappa shape index (κ2) is 5.90. The van der Waals surface area contributed by atoms with Crippen LogP contribution in [0, 0.1) is 6.92 Å². The summed E-state index contributed by atoms with van der Waals surface area (Å²) in [5.41, 5.74) is 1.14. The van der Waals surface area contributed by atoms with Crippen molar-refractivity contribution in [1.82, 2.24) is 10.0 Å². The van der Waals surface area contributed by atoms with E-state index in [0.717, 1.165) is 12.8 Å². The molecular formula is C13H19N3O3S. The molecule has 0 heterocycles. The van der Waals surface area contributed by atoms with Crippen molar-refractivity contribution in [2.45, 2.75) is 30.7 Å². The van der Waals surface area contributed by atoms with Gasteiger partial charge < -0.3 is 10.6 Å². The van der Waals surface area contributed by atoms with Gasteiger partial charge in [-0.15, -0.1) is 0 Å². The number of rotatable bonds is 6. The molecule has 0 unspecified atom stereocenters. The molecule has 1 aromatic carbocycles. The van der Waals surface area contributed by atoms with Crippen LogP contribution in [0.3, 0.4) is 0 Å². The Hall–Kier alpha value is -1.44. The summed E-state index contributed by atoms with van der Waals surface area (Å²) < 4.78 is 27.1. The normalized spacial score (nSPS) is 15.1. The Morgan fingerprint density at radius 3 is 2.65 bits per heavy atom. The van der Waals surface area contributed by atoms with Crippen LogP contribution in [0.25, 0.3) is 0 Å². The first kappa shape index (κ1) is 15.0. The zero-order chi connectivity index (χ0) is 14.8. The molecule has 0 bridgehead atoms. The molecule has 1 aliphatic rings. The number of hydrogen-bond acceptors (Lipinski definition) is 4. The molecule has 6 nitrogen and oxygen atoms in total. The number of benzene rings is 1. The second-order valence-electron chi connectivity index (χ2n) is 4.95. The van der Waals surface area contributed by atoms with Gasteiger partial charge in [-0.05, 0) is 44.5 Å². The molecule has 1 aromatic rings. The molecule has 1 amide bonds. The van der Waals surface area contributed by atoms with Crippen LogP contribution >= 0.6 is 0 Å². The Morgan fingerprint density at radius 2 is 2.05 bits per heavy atom. The van der Waals surface area contributed by atoms with Gasteiger partial charge in [-0.1, -0.05) is 6.07 Å². The summed E-state index contributed by atoms with van der Waals surface area (Å²) in [4.78, 5) is 11.7. The lowest BCUT2D eigenvalue weighted by molar-refractivity contribution is -0.115. The van der Waals surface area contributed by atoms with E-state index in [0.29, 0.717) is 11.3 Å². The van der Waals surface area contributed by atoms with E-state index in [1.165, 1.54) is 6.07 Å². The van der Waals surface area contributed by atoms with Gasteiger partial charge in [0.2, 0.25) is 15.9 Å². The average Bonchev–Trinajstić information content (AvgIpc) is 3.15. The fourth-order valence-electron chi connectivity index (χ4n) is 1.82. The highest BCUT2D eigenvalue weighted by molar-refractivity contribution is 7.89. The number of aryl methyl sites for hydroxylation is 1. The van der Waals surface area contributed by atoms with Crippen molar-refractivity contribution >= 4 is 21.6 Å². The highest BCUT2D eigenvalue weighted by Crippen LogP contribution is 2.25. The minimum atomic E-state index is -3.52. The van der Waals surface area contributed by atoms with E-state index in [2.05, 4.69) is 15.4 Å². The summed E-state index contributed by atoms with van der Waals surface area (Å²) in [7, 11) is -1.84. The standard InChI is InChI=1S/C13H19N3O3S/c1-9-3-4-11(15-13(17)8-14-2)7-12(9)20(18,19)16-10-5-6-10/h3-4,7,10,14,16H,5-6,8H2,1-2H3,(H,15,17). The van der Waals surface area contributed by atoms with Gasteiger partial charge in [0.15, 0.2) is 0 Å². The number of amides is 1. The lowest BCUT2D eigenvalue weighted by Gasteiger charge is -2.11. The molecule has 0 spiro atoms. The molecule has 7 heteroatoms. The van der Waals surface area contributed by atoms with E-state index >= 15 is 0 Å². The van der Waals surface area contributed by atoms with E-state index in [1.54, 1.807) is 26.1 Å². The van der Waals surface area contributed by atoms with Crippen LogP contribution in [-0.4, -0.2) is 34.0 Å². The molecule has 0 atom stereocenters. The van der Waals surface area contributed by atoms with Crippen LogP contribution in [0.4, 0.5) is 5.69 Å². The minimum absolute atomic E-state index is 0.0574. The number of anilines is 1. The lowest BCUT2D eigenvalue weighted by Crippen LogP contribution is -2.27. The van der Waals surface area contributed by atoms with Crippen molar-refractivity contribution < 1.29 is 13.2 Å². The van der Waals surface area contributed by atoms with Gasteiger partial charge in [-0.3, -0.25) is 4.79 Å². The van der Waals surface area contributed by atoms with Crippen LogP contribution in [0.1, 0.15) is 18.4 Å². The Morgan fingerprint density at radius 1 is 1.35 bits per heavy atom. The van der Waals surface area contributed by atoms with Crippen LogP contribution in [0.2, 0.25) is 0 Å². The maximum atomic E-state index is 12.2. The molecule has 2 rings (SSSR count). The van der Waals surface area contributed by atoms with Crippen molar-refractivity contribution in [2.75, 3.05) is 18.9 Å². The lowest BCUT2D eigenvalue weighted by atomic mass is 10.2. The van der Waals surface area contributed by atoms with Crippen LogP contribution in [-0.2, 0) is 14.8 Å². The fraction of sp³-hybridized carbons (Fsp3) is 0.462. The number of nitrogens with one attached hydrogen (secondary N) is 3. The third kappa shape index (κ3) is 3.78. The summed E-state index contributed by atoms with van der Waals surface area (Å²) >= 11 is 0.